The predicted octanol–water partition coefficient (Wildman–Crippen LogP) is 1.07. The number of phenols is 1. The summed E-state index contributed by atoms with van der Waals surface area (Å²) < 4.78 is 0. The lowest BCUT2D eigenvalue weighted by Crippen LogP contribution is -2.36. The van der Waals surface area contributed by atoms with Crippen LogP contribution in [0.1, 0.15) is 37.5 Å². The molecular formula is C19H27N3O6. The smallest absolute Gasteiger partial charge is 0.323 e. The number of carboxylic acid groups (broad SMARTS) is 2. The van der Waals surface area contributed by atoms with Crippen LogP contribution in [-0.2, 0) is 9.59 Å². The van der Waals surface area contributed by atoms with E-state index in [9.17, 15) is 14.7 Å². The van der Waals surface area contributed by atoms with Gasteiger partial charge in [0.2, 0.25) is 0 Å². The number of aliphatic hydroxyl groups excluding tert-OH is 1. The molecule has 4 unspecified atom stereocenters. The monoisotopic (exact) mass is 393 g/mol. The van der Waals surface area contributed by atoms with Gasteiger partial charge in [-0.3, -0.25) is 14.6 Å². The van der Waals surface area contributed by atoms with Crippen LogP contribution in [0.5, 0.6) is 5.75 Å². The van der Waals surface area contributed by atoms with Crippen LogP contribution in [0.25, 0.3) is 0 Å². The number of aromatic hydroxyl groups is 1. The Hall–Kier alpha value is -3.01. The highest BCUT2D eigenvalue weighted by atomic mass is 16.4. The fraction of sp³-hybridized carbons (Fsp3) is 0.316. The number of rotatable bonds is 6. The van der Waals surface area contributed by atoms with Crippen LogP contribution in [0.15, 0.2) is 48.8 Å². The standard InChI is InChI=1S/C10H13NO3.C8H10N2O3.CH4/c1-6(9(11)10(13)14)7-2-4-8(12)5-3-7;9-6(8(12)13)7(11)5-2-1-3-10-4-5;/h2-6,9,12H,11H2,1H3,(H,13,14);1-4,6-7,11H,9H2,(H,12,13);1H4. The summed E-state index contributed by atoms with van der Waals surface area (Å²) in [5.74, 6) is -2.38. The molecule has 1 heterocycles. The summed E-state index contributed by atoms with van der Waals surface area (Å²) in [4.78, 5) is 24.8. The van der Waals surface area contributed by atoms with Gasteiger partial charge in [-0.2, -0.15) is 0 Å². The molecule has 9 heteroatoms. The number of carbonyl (C=O) groups is 2. The predicted molar refractivity (Wildman–Crippen MR) is 104 cm³/mol. The van der Waals surface area contributed by atoms with E-state index in [1.165, 1.54) is 24.5 Å². The fourth-order valence-corrected chi connectivity index (χ4v) is 2.09. The highest BCUT2D eigenvalue weighted by Gasteiger charge is 2.23. The zero-order chi connectivity index (χ0) is 20.6. The number of pyridine rings is 1. The molecule has 0 saturated heterocycles. The lowest BCUT2D eigenvalue weighted by atomic mass is 9.94. The number of carboxylic acids is 2. The second-order valence-corrected chi connectivity index (χ2v) is 5.84. The summed E-state index contributed by atoms with van der Waals surface area (Å²) in [5.41, 5.74) is 11.9. The molecule has 2 aromatic rings. The van der Waals surface area contributed by atoms with E-state index in [4.69, 9.17) is 26.8 Å². The molecule has 4 atom stereocenters. The van der Waals surface area contributed by atoms with Crippen molar-refractivity contribution in [3.05, 3.63) is 59.9 Å². The number of aliphatic carboxylic acids is 2. The van der Waals surface area contributed by atoms with Crippen LogP contribution in [0.4, 0.5) is 0 Å². The van der Waals surface area contributed by atoms with Crippen LogP contribution in [0, 0.1) is 0 Å². The van der Waals surface area contributed by atoms with E-state index >= 15 is 0 Å². The molecule has 0 aliphatic rings. The summed E-state index contributed by atoms with van der Waals surface area (Å²) in [6.07, 6.45) is 1.70. The van der Waals surface area contributed by atoms with Crippen molar-refractivity contribution in [2.75, 3.05) is 0 Å². The third-order valence-corrected chi connectivity index (χ3v) is 3.89. The number of phenolic OH excluding ortho intramolecular Hbond substituents is 1. The van der Waals surface area contributed by atoms with Crippen LogP contribution in [-0.4, -0.2) is 49.4 Å². The first-order chi connectivity index (χ1) is 12.6. The molecule has 154 valence electrons. The normalized spacial score (nSPS) is 14.3. The molecule has 0 fully saturated rings. The molecule has 2 rings (SSSR count). The Morgan fingerprint density at radius 1 is 0.964 bits per heavy atom. The average molecular weight is 393 g/mol. The van der Waals surface area contributed by atoms with E-state index in [0.29, 0.717) is 5.56 Å². The van der Waals surface area contributed by atoms with E-state index in [2.05, 4.69) is 4.98 Å². The van der Waals surface area contributed by atoms with Gasteiger partial charge in [0, 0.05) is 23.9 Å². The van der Waals surface area contributed by atoms with Crippen LogP contribution in [0.2, 0.25) is 0 Å². The van der Waals surface area contributed by atoms with Gasteiger partial charge in [0.25, 0.3) is 0 Å². The molecule has 8 N–H and O–H groups in total. The minimum atomic E-state index is -1.32. The molecule has 0 aliphatic heterocycles. The summed E-state index contributed by atoms with van der Waals surface area (Å²) >= 11 is 0. The highest BCUT2D eigenvalue weighted by Crippen LogP contribution is 2.20. The lowest BCUT2D eigenvalue weighted by Gasteiger charge is -2.15. The Morgan fingerprint density at radius 3 is 1.93 bits per heavy atom. The van der Waals surface area contributed by atoms with Crippen molar-refractivity contribution in [3.63, 3.8) is 0 Å². The first kappa shape index (κ1) is 25.0. The Labute approximate surface area is 163 Å². The third kappa shape index (κ3) is 7.31. The first-order valence-electron chi connectivity index (χ1n) is 7.98. The van der Waals surface area contributed by atoms with Crippen LogP contribution in [0.3, 0.4) is 0 Å². The fourth-order valence-electron chi connectivity index (χ4n) is 2.09. The van der Waals surface area contributed by atoms with Crippen molar-refractivity contribution in [3.8, 4) is 5.75 Å². The van der Waals surface area contributed by atoms with Gasteiger partial charge in [-0.05, 0) is 23.8 Å². The van der Waals surface area contributed by atoms with Crippen molar-refractivity contribution >= 4 is 11.9 Å². The minimum absolute atomic E-state index is 0. The number of aliphatic hydroxyl groups is 1. The third-order valence-electron chi connectivity index (χ3n) is 3.89. The highest BCUT2D eigenvalue weighted by molar-refractivity contribution is 5.74. The zero-order valence-corrected chi connectivity index (χ0v) is 14.6. The first-order valence-corrected chi connectivity index (χ1v) is 7.98. The molecule has 1 aromatic heterocycles. The van der Waals surface area contributed by atoms with Crippen molar-refractivity contribution in [2.24, 2.45) is 11.5 Å². The number of hydrogen-bond donors (Lipinski definition) is 6. The molecule has 0 aliphatic carbocycles. The molecule has 0 radical (unpaired) electrons. The molecule has 9 nitrogen and oxygen atoms in total. The maximum absolute atomic E-state index is 10.6. The molecule has 0 bridgehead atoms. The number of nitrogens with zero attached hydrogens (tertiary/aromatic N) is 1. The number of hydrogen-bond acceptors (Lipinski definition) is 7. The minimum Gasteiger partial charge on any atom is -0.508 e. The van der Waals surface area contributed by atoms with Crippen molar-refractivity contribution in [2.45, 2.75) is 38.5 Å². The van der Waals surface area contributed by atoms with Gasteiger partial charge >= 0.3 is 11.9 Å². The molecule has 0 amide bonds. The van der Waals surface area contributed by atoms with E-state index in [1.54, 1.807) is 31.2 Å². The van der Waals surface area contributed by atoms with E-state index in [1.807, 2.05) is 0 Å². The number of nitrogens with two attached hydrogens (primary N) is 2. The Balaban J connectivity index is 0.000000504. The van der Waals surface area contributed by atoms with Gasteiger partial charge in [0.15, 0.2) is 0 Å². The van der Waals surface area contributed by atoms with Gasteiger partial charge in [0.05, 0.1) is 0 Å². The number of aromatic nitrogens is 1. The molecular weight excluding hydrogens is 366 g/mol. The van der Waals surface area contributed by atoms with Gasteiger partial charge in [-0.25, -0.2) is 0 Å². The molecule has 0 spiro atoms. The average Bonchev–Trinajstić information content (AvgIpc) is 2.67. The largest absolute Gasteiger partial charge is 0.508 e. The summed E-state index contributed by atoms with van der Waals surface area (Å²) in [5, 5.41) is 35.7. The van der Waals surface area contributed by atoms with Gasteiger partial charge in [0.1, 0.15) is 23.9 Å². The lowest BCUT2D eigenvalue weighted by molar-refractivity contribution is -0.141. The van der Waals surface area contributed by atoms with Crippen molar-refractivity contribution < 1.29 is 30.0 Å². The van der Waals surface area contributed by atoms with Gasteiger partial charge in [-0.15, -0.1) is 0 Å². The van der Waals surface area contributed by atoms with E-state index < -0.39 is 30.1 Å². The summed E-state index contributed by atoms with van der Waals surface area (Å²) in [7, 11) is 0. The molecule has 28 heavy (non-hydrogen) atoms. The quantitative estimate of drug-likeness (QED) is 0.418. The van der Waals surface area contributed by atoms with Gasteiger partial charge in [-0.1, -0.05) is 32.5 Å². The second-order valence-electron chi connectivity index (χ2n) is 5.84. The summed E-state index contributed by atoms with van der Waals surface area (Å²) in [6.45, 7) is 1.74. The second kappa shape index (κ2) is 11.7. The van der Waals surface area contributed by atoms with Crippen LogP contribution < -0.4 is 11.5 Å². The molecule has 1 aromatic carbocycles. The Kier molecular flexibility index (Phi) is 10.4. The van der Waals surface area contributed by atoms with E-state index in [-0.39, 0.29) is 19.1 Å². The van der Waals surface area contributed by atoms with Crippen molar-refractivity contribution in [1.29, 1.82) is 0 Å². The van der Waals surface area contributed by atoms with E-state index in [0.717, 1.165) is 5.56 Å². The Bertz CT molecular complexity index is 739. The number of benzene rings is 1. The maximum atomic E-state index is 10.6. The van der Waals surface area contributed by atoms with Crippen molar-refractivity contribution in [1.82, 2.24) is 4.98 Å². The topological polar surface area (TPSA) is 180 Å². The Morgan fingerprint density at radius 2 is 1.50 bits per heavy atom. The van der Waals surface area contributed by atoms with Gasteiger partial charge < -0.3 is 31.9 Å². The zero-order valence-electron chi connectivity index (χ0n) is 14.6. The SMILES string of the molecule is C.CC(c1ccc(O)cc1)C(N)C(=O)O.NC(C(=O)O)C(O)c1cccnc1. The molecule has 0 saturated carbocycles. The van der Waals surface area contributed by atoms with Crippen LogP contribution >= 0.6 is 0 Å². The maximum Gasteiger partial charge on any atom is 0.323 e. The summed E-state index contributed by atoms with van der Waals surface area (Å²) in [6, 6.07) is 7.31.